The smallest absolute Gasteiger partial charge is 0.0797 e. The molecule has 1 heteroatoms. The Hall–Kier alpha value is -0.300. The third kappa shape index (κ3) is 13.1. The van der Waals surface area contributed by atoms with E-state index in [-0.39, 0.29) is 0 Å². The molecule has 1 N–H and O–H groups in total. The molecule has 0 bridgehead atoms. The normalized spacial score (nSPS) is 17.5. The standard InChI is InChI=1S/C20H40O/c1-7-20(6,21)16-10-15-19(5)14-9-13-18(4)12-8-11-17(2)3/h7,17-19,21H,1,8-16H2,2-6H3/t18-,19-,20+/m1/s1. The van der Waals surface area contributed by atoms with E-state index in [4.69, 9.17) is 0 Å². The fraction of sp³-hybridized carbons (Fsp3) is 0.900. The fourth-order valence-electron chi connectivity index (χ4n) is 2.89. The molecule has 0 rings (SSSR count). The molecular formula is C20H40O. The highest BCUT2D eigenvalue weighted by molar-refractivity contribution is 4.91. The van der Waals surface area contributed by atoms with Crippen LogP contribution >= 0.6 is 0 Å². The van der Waals surface area contributed by atoms with Crippen molar-refractivity contribution in [3.8, 4) is 0 Å². The van der Waals surface area contributed by atoms with Gasteiger partial charge in [-0.2, -0.15) is 0 Å². The number of hydrogen-bond acceptors (Lipinski definition) is 1. The molecule has 0 spiro atoms. The van der Waals surface area contributed by atoms with E-state index < -0.39 is 5.60 Å². The van der Waals surface area contributed by atoms with E-state index in [9.17, 15) is 5.11 Å². The van der Waals surface area contributed by atoms with Gasteiger partial charge in [-0.3, -0.25) is 0 Å². The molecule has 126 valence electrons. The van der Waals surface area contributed by atoms with Gasteiger partial charge in [0.15, 0.2) is 0 Å². The van der Waals surface area contributed by atoms with Crippen molar-refractivity contribution < 1.29 is 5.11 Å². The van der Waals surface area contributed by atoms with Crippen LogP contribution < -0.4 is 0 Å². The van der Waals surface area contributed by atoms with Gasteiger partial charge in [-0.1, -0.05) is 85.1 Å². The first-order valence-electron chi connectivity index (χ1n) is 9.12. The zero-order valence-corrected chi connectivity index (χ0v) is 15.3. The Morgan fingerprint density at radius 1 is 0.857 bits per heavy atom. The molecule has 0 saturated carbocycles. The monoisotopic (exact) mass is 296 g/mol. The predicted molar refractivity (Wildman–Crippen MR) is 95.5 cm³/mol. The van der Waals surface area contributed by atoms with Crippen molar-refractivity contribution in [1.82, 2.24) is 0 Å². The summed E-state index contributed by atoms with van der Waals surface area (Å²) in [6.45, 7) is 14.9. The van der Waals surface area contributed by atoms with Gasteiger partial charge >= 0.3 is 0 Å². The summed E-state index contributed by atoms with van der Waals surface area (Å²) in [7, 11) is 0. The van der Waals surface area contributed by atoms with E-state index in [0.717, 1.165) is 30.6 Å². The first-order chi connectivity index (χ1) is 9.76. The zero-order valence-electron chi connectivity index (χ0n) is 15.3. The molecule has 0 fully saturated rings. The van der Waals surface area contributed by atoms with Crippen molar-refractivity contribution in [2.75, 3.05) is 0 Å². The second-order valence-corrected chi connectivity index (χ2v) is 7.92. The van der Waals surface area contributed by atoms with E-state index >= 15 is 0 Å². The molecule has 0 saturated heterocycles. The topological polar surface area (TPSA) is 20.2 Å². The van der Waals surface area contributed by atoms with Crippen LogP contribution in [0.3, 0.4) is 0 Å². The molecule has 0 aliphatic rings. The molecule has 0 amide bonds. The molecule has 0 aromatic rings. The van der Waals surface area contributed by atoms with Gasteiger partial charge in [0.25, 0.3) is 0 Å². The Morgan fingerprint density at radius 2 is 1.29 bits per heavy atom. The van der Waals surface area contributed by atoms with Gasteiger partial charge in [-0.15, -0.1) is 6.58 Å². The van der Waals surface area contributed by atoms with E-state index in [1.54, 1.807) is 6.08 Å². The van der Waals surface area contributed by atoms with Gasteiger partial charge in [0.05, 0.1) is 5.60 Å². The highest BCUT2D eigenvalue weighted by Crippen LogP contribution is 2.23. The van der Waals surface area contributed by atoms with E-state index in [1.807, 2.05) is 6.92 Å². The summed E-state index contributed by atoms with van der Waals surface area (Å²) in [6.07, 6.45) is 13.1. The molecule has 0 aliphatic heterocycles. The van der Waals surface area contributed by atoms with Gasteiger partial charge in [0.2, 0.25) is 0 Å². The van der Waals surface area contributed by atoms with Crippen molar-refractivity contribution in [3.63, 3.8) is 0 Å². The van der Waals surface area contributed by atoms with Crippen LogP contribution in [0.25, 0.3) is 0 Å². The van der Waals surface area contributed by atoms with Crippen LogP contribution in [-0.2, 0) is 0 Å². The number of rotatable bonds is 13. The van der Waals surface area contributed by atoms with Crippen molar-refractivity contribution in [3.05, 3.63) is 12.7 Å². The summed E-state index contributed by atoms with van der Waals surface area (Å²) in [5, 5.41) is 9.89. The first kappa shape index (κ1) is 20.7. The predicted octanol–water partition coefficient (Wildman–Crippen LogP) is 6.36. The van der Waals surface area contributed by atoms with Crippen LogP contribution in [0.4, 0.5) is 0 Å². The molecule has 0 unspecified atom stereocenters. The molecule has 0 heterocycles. The quantitative estimate of drug-likeness (QED) is 0.392. The highest BCUT2D eigenvalue weighted by Gasteiger charge is 2.15. The maximum absolute atomic E-state index is 9.89. The molecule has 1 nitrogen and oxygen atoms in total. The van der Waals surface area contributed by atoms with Crippen LogP contribution in [0.5, 0.6) is 0 Å². The third-order valence-electron chi connectivity index (χ3n) is 4.69. The van der Waals surface area contributed by atoms with Crippen LogP contribution in [0.2, 0.25) is 0 Å². The summed E-state index contributed by atoms with van der Waals surface area (Å²) in [4.78, 5) is 0. The second-order valence-electron chi connectivity index (χ2n) is 7.92. The fourth-order valence-corrected chi connectivity index (χ4v) is 2.89. The van der Waals surface area contributed by atoms with Gasteiger partial charge in [0.1, 0.15) is 0 Å². The van der Waals surface area contributed by atoms with Crippen LogP contribution in [0.1, 0.15) is 92.4 Å². The lowest BCUT2D eigenvalue weighted by Gasteiger charge is -2.20. The molecule has 21 heavy (non-hydrogen) atoms. The van der Waals surface area contributed by atoms with Crippen molar-refractivity contribution >= 4 is 0 Å². The minimum atomic E-state index is -0.676. The summed E-state index contributed by atoms with van der Waals surface area (Å²) >= 11 is 0. The lowest BCUT2D eigenvalue weighted by molar-refractivity contribution is 0.0974. The Bertz CT molecular complexity index is 255. The van der Waals surface area contributed by atoms with E-state index in [2.05, 4.69) is 34.3 Å². The lowest BCUT2D eigenvalue weighted by atomic mass is 9.90. The molecule has 0 radical (unpaired) electrons. The average Bonchev–Trinajstić information content (AvgIpc) is 2.38. The van der Waals surface area contributed by atoms with Crippen molar-refractivity contribution in [1.29, 1.82) is 0 Å². The van der Waals surface area contributed by atoms with E-state index in [0.29, 0.717) is 0 Å². The largest absolute Gasteiger partial charge is 0.386 e. The average molecular weight is 297 g/mol. The van der Waals surface area contributed by atoms with Crippen LogP contribution in [0.15, 0.2) is 12.7 Å². The number of aliphatic hydroxyl groups is 1. The number of hydrogen-bond donors (Lipinski definition) is 1. The van der Waals surface area contributed by atoms with Crippen molar-refractivity contribution in [2.45, 2.75) is 98.0 Å². The molecular weight excluding hydrogens is 256 g/mol. The minimum Gasteiger partial charge on any atom is -0.386 e. The molecule has 0 aromatic heterocycles. The third-order valence-corrected chi connectivity index (χ3v) is 4.69. The molecule has 0 aromatic carbocycles. The minimum absolute atomic E-state index is 0.676. The summed E-state index contributed by atoms with van der Waals surface area (Å²) in [5.41, 5.74) is -0.676. The van der Waals surface area contributed by atoms with E-state index in [1.165, 1.54) is 44.9 Å². The van der Waals surface area contributed by atoms with Crippen LogP contribution in [-0.4, -0.2) is 10.7 Å². The summed E-state index contributed by atoms with van der Waals surface area (Å²) < 4.78 is 0. The van der Waals surface area contributed by atoms with Crippen molar-refractivity contribution in [2.24, 2.45) is 17.8 Å². The Balaban J connectivity index is 3.56. The SMILES string of the molecule is C=C[C@](C)(O)CCC[C@H](C)CCC[C@H](C)CCCC(C)C. The van der Waals surface area contributed by atoms with Gasteiger partial charge < -0.3 is 5.11 Å². The zero-order chi connectivity index (χ0) is 16.3. The Morgan fingerprint density at radius 3 is 1.71 bits per heavy atom. The second kappa shape index (κ2) is 11.3. The summed E-state index contributed by atoms with van der Waals surface area (Å²) in [5.74, 6) is 2.52. The maximum Gasteiger partial charge on any atom is 0.0797 e. The first-order valence-corrected chi connectivity index (χ1v) is 9.12. The lowest BCUT2D eigenvalue weighted by Crippen LogP contribution is -2.20. The Labute approximate surface area is 134 Å². The van der Waals surface area contributed by atoms with Gasteiger partial charge in [0, 0.05) is 0 Å². The molecule has 0 aliphatic carbocycles. The van der Waals surface area contributed by atoms with Crippen LogP contribution in [0, 0.1) is 17.8 Å². The highest BCUT2D eigenvalue weighted by atomic mass is 16.3. The Kier molecular flexibility index (Phi) is 11.1. The summed E-state index contributed by atoms with van der Waals surface area (Å²) in [6, 6.07) is 0. The van der Waals surface area contributed by atoms with Gasteiger partial charge in [-0.25, -0.2) is 0 Å². The van der Waals surface area contributed by atoms with Gasteiger partial charge in [-0.05, 0) is 31.1 Å². The maximum atomic E-state index is 9.89. The molecule has 3 atom stereocenters.